The molecule has 1 aliphatic rings. The topological polar surface area (TPSA) is 146 Å². The second kappa shape index (κ2) is 8.31. The van der Waals surface area contributed by atoms with E-state index >= 15 is 0 Å². The molecule has 0 spiro atoms. The number of anilines is 2. The van der Waals surface area contributed by atoms with Crippen LogP contribution in [-0.2, 0) is 4.74 Å². The first-order valence-electron chi connectivity index (χ1n) is 10.1. The lowest BCUT2D eigenvalue weighted by atomic mass is 9.92. The van der Waals surface area contributed by atoms with Crippen LogP contribution in [0.1, 0.15) is 27.5 Å². The van der Waals surface area contributed by atoms with Crippen LogP contribution in [0.2, 0.25) is 0 Å². The second-order valence-corrected chi connectivity index (χ2v) is 7.35. The van der Waals surface area contributed by atoms with Gasteiger partial charge in [0.15, 0.2) is 11.5 Å². The molecule has 2 N–H and O–H groups in total. The monoisotopic (exact) mass is 461 g/mol. The Kier molecular flexibility index (Phi) is 5.17. The van der Waals surface area contributed by atoms with Gasteiger partial charge in [0.2, 0.25) is 5.95 Å². The summed E-state index contributed by atoms with van der Waals surface area (Å²) in [6, 6.07) is 11.5. The lowest BCUT2D eigenvalue weighted by Crippen LogP contribution is -2.29. The minimum absolute atomic E-state index is 0.268. The van der Waals surface area contributed by atoms with Gasteiger partial charge in [-0.25, -0.2) is 9.89 Å². The molecule has 1 atom stereocenters. The van der Waals surface area contributed by atoms with Gasteiger partial charge in [-0.05, 0) is 46.3 Å². The summed E-state index contributed by atoms with van der Waals surface area (Å²) in [5.41, 5.74) is 2.70. The van der Waals surface area contributed by atoms with Crippen LogP contribution in [0.3, 0.4) is 0 Å². The highest BCUT2D eigenvalue weighted by Crippen LogP contribution is 2.42. The van der Waals surface area contributed by atoms with Gasteiger partial charge in [0.05, 0.1) is 32.6 Å². The fourth-order valence-corrected chi connectivity index (χ4v) is 3.97. The average molecular weight is 461 g/mol. The maximum atomic E-state index is 12.8. The van der Waals surface area contributed by atoms with Crippen molar-refractivity contribution in [3.63, 3.8) is 0 Å². The van der Waals surface area contributed by atoms with Crippen molar-refractivity contribution in [2.75, 3.05) is 26.6 Å². The number of hydrogen-bond acceptors (Lipinski definition) is 10. The van der Waals surface area contributed by atoms with Gasteiger partial charge < -0.3 is 19.5 Å². The Balaban J connectivity index is 1.73. The Labute approximate surface area is 192 Å². The van der Waals surface area contributed by atoms with Gasteiger partial charge in [-0.15, -0.1) is 0 Å². The number of methoxy groups -OCH3 is 3. The quantitative estimate of drug-likeness (QED) is 0.372. The van der Waals surface area contributed by atoms with Crippen molar-refractivity contribution in [1.29, 1.82) is 0 Å². The number of rotatable bonds is 5. The van der Waals surface area contributed by atoms with E-state index in [0.29, 0.717) is 39.8 Å². The van der Waals surface area contributed by atoms with Crippen LogP contribution < -0.4 is 20.3 Å². The van der Waals surface area contributed by atoms with Gasteiger partial charge in [-0.3, -0.25) is 4.79 Å². The Morgan fingerprint density at radius 3 is 2.50 bits per heavy atom. The van der Waals surface area contributed by atoms with Gasteiger partial charge in [-0.2, -0.15) is 9.78 Å². The molecule has 5 rings (SSSR count). The number of ether oxygens (including phenoxy) is 3. The third-order valence-electron chi connectivity index (χ3n) is 5.57. The Morgan fingerprint density at radius 2 is 1.79 bits per heavy atom. The fraction of sp³-hybridized carbons (Fsp3) is 0.182. The molecule has 2 aromatic heterocycles. The van der Waals surface area contributed by atoms with E-state index in [9.17, 15) is 9.59 Å². The number of nitrogens with one attached hydrogen (secondary N) is 2. The number of fused-ring (bicyclic) bond motifs is 2. The molecule has 0 saturated carbocycles. The van der Waals surface area contributed by atoms with Crippen LogP contribution in [0.4, 0.5) is 11.6 Å². The number of nitrogens with zero attached hydrogens (tertiary/aromatic N) is 5. The summed E-state index contributed by atoms with van der Waals surface area (Å²) in [5.74, 6) is 0.905. The minimum Gasteiger partial charge on any atom is -0.493 e. The molecule has 0 fully saturated rings. The summed E-state index contributed by atoms with van der Waals surface area (Å²) in [6.07, 6.45) is 0. The maximum Gasteiger partial charge on any atom is 0.337 e. The van der Waals surface area contributed by atoms with Crippen LogP contribution in [0.25, 0.3) is 11.3 Å². The van der Waals surface area contributed by atoms with E-state index in [-0.39, 0.29) is 5.69 Å². The molecule has 0 amide bonds. The Morgan fingerprint density at radius 1 is 1.03 bits per heavy atom. The molecule has 4 aromatic rings. The zero-order valence-corrected chi connectivity index (χ0v) is 18.4. The highest BCUT2D eigenvalue weighted by atomic mass is 16.5. The van der Waals surface area contributed by atoms with Crippen molar-refractivity contribution in [1.82, 2.24) is 30.4 Å². The Bertz CT molecular complexity index is 1450. The maximum absolute atomic E-state index is 12.8. The lowest BCUT2D eigenvalue weighted by Gasteiger charge is -2.28. The number of esters is 1. The third-order valence-corrected chi connectivity index (χ3v) is 5.57. The SMILES string of the molecule is COC(=O)c1ccc([C@H]2c3c(-c4ccc(OC)c(OC)c4)n[nH]c(=O)c3Nc3nnnn32)cc1. The number of H-pyrrole nitrogens is 1. The van der Waals surface area contributed by atoms with Crippen molar-refractivity contribution in [3.8, 4) is 22.8 Å². The normalized spacial score (nSPS) is 13.9. The van der Waals surface area contributed by atoms with Crippen molar-refractivity contribution >= 4 is 17.6 Å². The first-order valence-corrected chi connectivity index (χ1v) is 10.1. The molecule has 2 aromatic carbocycles. The molecule has 0 radical (unpaired) electrons. The second-order valence-electron chi connectivity index (χ2n) is 7.35. The van der Waals surface area contributed by atoms with Crippen LogP contribution >= 0.6 is 0 Å². The van der Waals surface area contributed by atoms with Crippen molar-refractivity contribution < 1.29 is 19.0 Å². The van der Waals surface area contributed by atoms with Gasteiger partial charge >= 0.3 is 5.97 Å². The summed E-state index contributed by atoms with van der Waals surface area (Å²) in [6.45, 7) is 0. The van der Waals surface area contributed by atoms with Crippen LogP contribution in [0.5, 0.6) is 11.5 Å². The molecule has 3 heterocycles. The number of aromatic amines is 1. The van der Waals surface area contributed by atoms with E-state index in [2.05, 4.69) is 31.0 Å². The minimum atomic E-state index is -0.606. The highest BCUT2D eigenvalue weighted by molar-refractivity contribution is 5.89. The van der Waals surface area contributed by atoms with Crippen molar-refractivity contribution in [3.05, 3.63) is 69.5 Å². The predicted molar refractivity (Wildman–Crippen MR) is 120 cm³/mol. The van der Waals surface area contributed by atoms with E-state index in [1.807, 2.05) is 6.07 Å². The van der Waals surface area contributed by atoms with Crippen molar-refractivity contribution in [2.45, 2.75) is 6.04 Å². The number of carbonyl (C=O) groups excluding carboxylic acids is 1. The fourth-order valence-electron chi connectivity index (χ4n) is 3.97. The van der Waals surface area contributed by atoms with Crippen LogP contribution in [0, 0.1) is 0 Å². The number of aromatic nitrogens is 6. The molecular weight excluding hydrogens is 442 g/mol. The average Bonchev–Trinajstić information content (AvgIpc) is 3.35. The van der Waals surface area contributed by atoms with Crippen LogP contribution in [-0.4, -0.2) is 57.7 Å². The molecule has 12 heteroatoms. The van der Waals surface area contributed by atoms with Gasteiger partial charge in [0, 0.05) is 11.1 Å². The van der Waals surface area contributed by atoms with Crippen LogP contribution in [0.15, 0.2) is 47.3 Å². The van der Waals surface area contributed by atoms with Gasteiger partial charge in [0.25, 0.3) is 5.56 Å². The Hall–Kier alpha value is -4.74. The summed E-state index contributed by atoms with van der Waals surface area (Å²) < 4.78 is 17.1. The van der Waals surface area contributed by atoms with E-state index in [0.717, 1.165) is 5.56 Å². The highest BCUT2D eigenvalue weighted by Gasteiger charge is 2.34. The molecule has 172 valence electrons. The molecule has 0 bridgehead atoms. The number of tetrazole rings is 1. The molecule has 0 saturated heterocycles. The molecular formula is C22H19N7O5. The number of benzene rings is 2. The number of carbonyl (C=O) groups is 1. The summed E-state index contributed by atoms with van der Waals surface area (Å²) >= 11 is 0. The first-order chi connectivity index (χ1) is 16.5. The molecule has 12 nitrogen and oxygen atoms in total. The lowest BCUT2D eigenvalue weighted by molar-refractivity contribution is 0.0600. The van der Waals surface area contributed by atoms with E-state index in [1.165, 1.54) is 14.2 Å². The predicted octanol–water partition coefficient (Wildman–Crippen LogP) is 1.92. The summed E-state index contributed by atoms with van der Waals surface area (Å²) in [4.78, 5) is 24.7. The number of hydrogen-bond donors (Lipinski definition) is 2. The molecule has 0 aliphatic carbocycles. The van der Waals surface area contributed by atoms with E-state index in [4.69, 9.17) is 14.2 Å². The smallest absolute Gasteiger partial charge is 0.337 e. The standard InChI is InChI=1S/C22H19N7O5/c1-32-14-9-8-13(10-15(14)33-2)17-16-18(20(30)25-24-17)23-22-26-27-28-29(22)19(16)11-4-6-12(7-5-11)21(31)34-3/h4-10,19H,1-3H3,(H,25,30)(H,23,26,28)/t19-/m0/s1. The van der Waals surface area contributed by atoms with Gasteiger partial charge in [-0.1, -0.05) is 17.2 Å². The summed E-state index contributed by atoms with van der Waals surface area (Å²) in [7, 11) is 4.41. The third kappa shape index (κ3) is 3.32. The zero-order chi connectivity index (χ0) is 23.8. The molecule has 34 heavy (non-hydrogen) atoms. The van der Waals surface area contributed by atoms with E-state index < -0.39 is 17.6 Å². The largest absolute Gasteiger partial charge is 0.493 e. The van der Waals surface area contributed by atoms with E-state index in [1.54, 1.807) is 48.2 Å². The van der Waals surface area contributed by atoms with Gasteiger partial charge in [0.1, 0.15) is 11.7 Å². The first kappa shape index (κ1) is 21.1. The summed E-state index contributed by atoms with van der Waals surface area (Å²) in [5, 5.41) is 21.8. The molecule has 1 aliphatic heterocycles. The van der Waals surface area contributed by atoms with Crippen molar-refractivity contribution in [2.24, 2.45) is 0 Å². The molecule has 0 unspecified atom stereocenters. The zero-order valence-electron chi connectivity index (χ0n) is 18.4.